The third-order valence-corrected chi connectivity index (χ3v) is 1.56. The molecule has 0 aliphatic heterocycles. The van der Waals surface area contributed by atoms with E-state index in [9.17, 15) is 9.90 Å². The van der Waals surface area contributed by atoms with Crippen molar-refractivity contribution in [1.29, 1.82) is 0 Å². The van der Waals surface area contributed by atoms with Gasteiger partial charge < -0.3 is 9.90 Å². The van der Waals surface area contributed by atoms with Crippen molar-refractivity contribution in [3.8, 4) is 0 Å². The number of hydrogen-bond donors (Lipinski definition) is 0. The normalized spacial score (nSPS) is 15.4. The zero-order valence-corrected chi connectivity index (χ0v) is 6.72. The molecule has 1 rings (SSSR count). The first-order valence-corrected chi connectivity index (χ1v) is 3.90. The van der Waals surface area contributed by atoms with E-state index < -0.39 is 5.97 Å². The highest BCUT2D eigenvalue weighted by molar-refractivity contribution is 5.63. The summed E-state index contributed by atoms with van der Waals surface area (Å²) in [5.41, 5.74) is 0. The summed E-state index contributed by atoms with van der Waals surface area (Å²) in [5.74, 6) is 0.139. The van der Waals surface area contributed by atoms with Crippen LogP contribution in [-0.4, -0.2) is 5.97 Å². The Balaban J connectivity index is 0.000000162. The van der Waals surface area contributed by atoms with Crippen molar-refractivity contribution in [1.82, 2.24) is 0 Å². The Hall–Kier alpha value is -0.530. The van der Waals surface area contributed by atoms with Crippen molar-refractivity contribution in [2.45, 2.75) is 39.5 Å². The molecule has 0 saturated heterocycles. The number of rotatable bonds is 2. The Morgan fingerprint density at radius 3 is 1.90 bits per heavy atom. The number of carbonyl (C=O) groups is 1. The van der Waals surface area contributed by atoms with Crippen LogP contribution in [0.25, 0.3) is 0 Å². The maximum Gasteiger partial charge on any atom is 0.0411 e. The van der Waals surface area contributed by atoms with E-state index in [0.717, 1.165) is 5.92 Å². The molecule has 0 unspecified atom stereocenters. The van der Waals surface area contributed by atoms with Gasteiger partial charge in [-0.05, 0) is 12.3 Å². The third kappa shape index (κ3) is 7.47. The number of carbonyl (C=O) groups excluding carboxylic acids is 1. The molecule has 0 spiro atoms. The lowest BCUT2D eigenvalue weighted by atomic mass is 10.3. The summed E-state index contributed by atoms with van der Waals surface area (Å²) in [6.45, 7) is 3.80. The predicted molar refractivity (Wildman–Crippen MR) is 38.3 cm³/mol. The second-order valence-corrected chi connectivity index (χ2v) is 2.58. The second-order valence-electron chi connectivity index (χ2n) is 2.58. The average molecular weight is 143 g/mol. The molecule has 1 aliphatic carbocycles. The molecule has 0 radical (unpaired) electrons. The van der Waals surface area contributed by atoms with Gasteiger partial charge in [0.15, 0.2) is 0 Å². The Morgan fingerprint density at radius 1 is 1.50 bits per heavy atom. The number of carboxylic acids is 1. The number of aliphatic carboxylic acids is 1. The summed E-state index contributed by atoms with van der Waals surface area (Å²) in [4.78, 5) is 9.26. The zero-order chi connectivity index (χ0) is 7.98. The van der Waals surface area contributed by atoms with Crippen LogP contribution < -0.4 is 5.11 Å². The highest BCUT2D eigenvalue weighted by Gasteiger charge is 2.17. The predicted octanol–water partition coefficient (Wildman–Crippen LogP) is 0.953. The van der Waals surface area contributed by atoms with E-state index in [1.54, 1.807) is 0 Å². The first kappa shape index (κ1) is 9.47. The van der Waals surface area contributed by atoms with Gasteiger partial charge in [-0.2, -0.15) is 0 Å². The molecule has 0 heterocycles. The lowest BCUT2D eigenvalue weighted by molar-refractivity contribution is -0.305. The molecular formula is C8H15O2-. The van der Waals surface area contributed by atoms with Crippen molar-refractivity contribution in [3.05, 3.63) is 0 Å². The van der Waals surface area contributed by atoms with E-state index in [1.807, 2.05) is 0 Å². The van der Waals surface area contributed by atoms with Crippen LogP contribution in [0, 0.1) is 5.92 Å². The number of carboxylic acid groups (broad SMARTS) is 1. The van der Waals surface area contributed by atoms with Gasteiger partial charge in [-0.25, -0.2) is 0 Å². The van der Waals surface area contributed by atoms with Crippen molar-refractivity contribution < 1.29 is 9.90 Å². The van der Waals surface area contributed by atoms with Crippen molar-refractivity contribution in [2.24, 2.45) is 5.92 Å². The Bertz CT molecular complexity index is 95.4. The van der Waals surface area contributed by atoms with Crippen LogP contribution in [0.15, 0.2) is 0 Å². The van der Waals surface area contributed by atoms with E-state index in [2.05, 4.69) is 6.92 Å². The fourth-order valence-corrected chi connectivity index (χ4v) is 0.526. The minimum atomic E-state index is -0.995. The first-order chi connectivity index (χ1) is 4.70. The molecule has 1 saturated carbocycles. The molecule has 2 nitrogen and oxygen atoms in total. The average Bonchev–Trinajstić information content (AvgIpc) is 2.70. The molecule has 0 atom stereocenters. The van der Waals surface area contributed by atoms with Crippen molar-refractivity contribution in [2.75, 3.05) is 0 Å². The van der Waals surface area contributed by atoms with Gasteiger partial charge in [0.25, 0.3) is 0 Å². The van der Waals surface area contributed by atoms with Gasteiger partial charge in [-0.15, -0.1) is 0 Å². The number of hydrogen-bond acceptors (Lipinski definition) is 2. The van der Waals surface area contributed by atoms with E-state index in [1.165, 1.54) is 26.2 Å². The van der Waals surface area contributed by atoms with Gasteiger partial charge in [0.2, 0.25) is 0 Å². The van der Waals surface area contributed by atoms with Crippen LogP contribution in [0.2, 0.25) is 0 Å². The fourth-order valence-electron chi connectivity index (χ4n) is 0.526. The first-order valence-electron chi connectivity index (χ1n) is 3.90. The molecule has 0 bridgehead atoms. The Morgan fingerprint density at radius 2 is 1.90 bits per heavy atom. The van der Waals surface area contributed by atoms with Gasteiger partial charge in [-0.3, -0.25) is 0 Å². The van der Waals surface area contributed by atoms with Crippen LogP contribution in [0.5, 0.6) is 0 Å². The third-order valence-electron chi connectivity index (χ3n) is 1.56. The van der Waals surface area contributed by atoms with Gasteiger partial charge in [0, 0.05) is 5.97 Å². The summed E-state index contributed by atoms with van der Waals surface area (Å²) in [6, 6.07) is 0. The molecule has 1 fully saturated rings. The Labute approximate surface area is 62.2 Å². The molecule has 2 heteroatoms. The van der Waals surface area contributed by atoms with Crippen LogP contribution in [0.3, 0.4) is 0 Å². The summed E-state index contributed by atoms with van der Waals surface area (Å²) >= 11 is 0. The van der Waals surface area contributed by atoms with Gasteiger partial charge in [0.1, 0.15) is 0 Å². The SMILES string of the molecule is CCC(=O)[O-].CCC1CC1. The Kier molecular flexibility index (Phi) is 4.99. The molecular weight excluding hydrogens is 128 g/mol. The largest absolute Gasteiger partial charge is 0.550 e. The fraction of sp³-hybridized carbons (Fsp3) is 0.875. The lowest BCUT2D eigenvalue weighted by Gasteiger charge is -1.87. The van der Waals surface area contributed by atoms with E-state index in [4.69, 9.17) is 0 Å². The lowest BCUT2D eigenvalue weighted by Crippen LogP contribution is -2.19. The molecule has 60 valence electrons. The zero-order valence-electron chi connectivity index (χ0n) is 6.72. The highest BCUT2D eigenvalue weighted by Crippen LogP contribution is 2.31. The molecule has 0 aromatic heterocycles. The van der Waals surface area contributed by atoms with Crippen molar-refractivity contribution in [3.63, 3.8) is 0 Å². The maximum absolute atomic E-state index is 9.26. The minimum absolute atomic E-state index is 0.111. The summed E-state index contributed by atoms with van der Waals surface area (Å²) < 4.78 is 0. The molecule has 0 amide bonds. The quantitative estimate of drug-likeness (QED) is 0.577. The van der Waals surface area contributed by atoms with Crippen LogP contribution in [0.1, 0.15) is 39.5 Å². The van der Waals surface area contributed by atoms with E-state index in [-0.39, 0.29) is 6.42 Å². The molecule has 0 aromatic carbocycles. The van der Waals surface area contributed by atoms with Crippen LogP contribution in [0.4, 0.5) is 0 Å². The van der Waals surface area contributed by atoms with E-state index >= 15 is 0 Å². The molecule has 0 aromatic rings. The maximum atomic E-state index is 9.26. The minimum Gasteiger partial charge on any atom is -0.550 e. The summed E-state index contributed by atoms with van der Waals surface area (Å²) in [5, 5.41) is 9.26. The molecule has 1 aliphatic rings. The second kappa shape index (κ2) is 5.27. The molecule has 0 N–H and O–H groups in total. The summed E-state index contributed by atoms with van der Waals surface area (Å²) in [6.07, 6.45) is 4.55. The smallest absolute Gasteiger partial charge is 0.0411 e. The monoisotopic (exact) mass is 143 g/mol. The van der Waals surface area contributed by atoms with Gasteiger partial charge in [0.05, 0.1) is 0 Å². The highest BCUT2D eigenvalue weighted by atomic mass is 16.4. The standard InChI is InChI=1S/C5H10.C3H6O2/c1-2-5-3-4-5;1-2-3(4)5/h5H,2-4H2,1H3;2H2,1H3,(H,4,5)/p-1. The topological polar surface area (TPSA) is 40.1 Å². The van der Waals surface area contributed by atoms with Crippen LogP contribution >= 0.6 is 0 Å². The van der Waals surface area contributed by atoms with E-state index in [0.29, 0.717) is 0 Å². The summed E-state index contributed by atoms with van der Waals surface area (Å²) in [7, 11) is 0. The van der Waals surface area contributed by atoms with Crippen molar-refractivity contribution >= 4 is 5.97 Å². The van der Waals surface area contributed by atoms with Crippen LogP contribution in [-0.2, 0) is 4.79 Å². The van der Waals surface area contributed by atoms with Gasteiger partial charge >= 0.3 is 0 Å². The van der Waals surface area contributed by atoms with Gasteiger partial charge in [-0.1, -0.05) is 33.1 Å². The molecule has 10 heavy (non-hydrogen) atoms.